The number of likely N-dealkylation sites (N-methyl/N-ethyl adjacent to an activating group) is 1. The van der Waals surface area contributed by atoms with Crippen LogP contribution >= 0.6 is 0 Å². The Morgan fingerprint density at radius 1 is 1.37 bits per heavy atom. The maximum atomic E-state index is 12.9. The number of ether oxygens (including phenoxy) is 1. The number of likely N-dealkylation sites (tertiary alicyclic amines) is 1. The van der Waals surface area contributed by atoms with Gasteiger partial charge < -0.3 is 19.1 Å². The molecule has 1 aliphatic heterocycles. The topological polar surface area (TPSA) is 58.8 Å². The second-order valence-corrected chi connectivity index (χ2v) is 8.32. The van der Waals surface area contributed by atoms with E-state index in [-0.39, 0.29) is 5.91 Å². The fraction of sp³-hybridized carbons (Fsp3) is 0.583. The van der Waals surface area contributed by atoms with Crippen LogP contribution in [0, 0.1) is 19.8 Å². The van der Waals surface area contributed by atoms with E-state index in [1.165, 1.54) is 18.4 Å². The minimum Gasteiger partial charge on any atom is -0.497 e. The molecule has 3 rings (SSSR count). The van der Waals surface area contributed by atoms with Crippen LogP contribution in [-0.2, 0) is 17.6 Å². The molecule has 1 aliphatic rings. The lowest BCUT2D eigenvalue weighted by atomic mass is 9.96. The van der Waals surface area contributed by atoms with Gasteiger partial charge in [-0.3, -0.25) is 4.79 Å². The molecule has 6 nitrogen and oxygen atoms in total. The second-order valence-electron chi connectivity index (χ2n) is 8.32. The lowest BCUT2D eigenvalue weighted by Crippen LogP contribution is -2.43. The number of hydrogen-bond acceptors (Lipinski definition) is 5. The molecule has 1 saturated heterocycles. The zero-order chi connectivity index (χ0) is 21.5. The van der Waals surface area contributed by atoms with Gasteiger partial charge in [-0.25, -0.2) is 0 Å². The molecule has 1 aromatic heterocycles. The Kier molecular flexibility index (Phi) is 7.91. The predicted molar refractivity (Wildman–Crippen MR) is 118 cm³/mol. The van der Waals surface area contributed by atoms with Crippen LogP contribution in [0.15, 0.2) is 28.8 Å². The van der Waals surface area contributed by atoms with E-state index in [0.29, 0.717) is 12.3 Å². The molecule has 2 heterocycles. The molecule has 0 N–H and O–H groups in total. The van der Waals surface area contributed by atoms with Crippen molar-refractivity contribution < 1.29 is 14.1 Å². The predicted octanol–water partition coefficient (Wildman–Crippen LogP) is 3.65. The fourth-order valence-corrected chi connectivity index (χ4v) is 4.35. The maximum Gasteiger partial charge on any atom is 0.227 e. The van der Waals surface area contributed by atoms with Crippen LogP contribution in [0.2, 0.25) is 0 Å². The molecule has 30 heavy (non-hydrogen) atoms. The summed E-state index contributed by atoms with van der Waals surface area (Å²) >= 11 is 0. The Hall–Kier alpha value is -2.34. The number of rotatable bonds is 9. The van der Waals surface area contributed by atoms with Crippen LogP contribution in [-0.4, -0.2) is 60.7 Å². The average Bonchev–Trinajstić information content (AvgIpc) is 3.08. The zero-order valence-corrected chi connectivity index (χ0v) is 18.8. The van der Waals surface area contributed by atoms with Gasteiger partial charge in [0.15, 0.2) is 0 Å². The van der Waals surface area contributed by atoms with Gasteiger partial charge in [-0.1, -0.05) is 17.3 Å². The Morgan fingerprint density at radius 2 is 2.20 bits per heavy atom. The van der Waals surface area contributed by atoms with E-state index in [9.17, 15) is 4.79 Å². The standard InChI is InChI=1S/C24H35N3O3/c1-5-27(24(28)15-23-18(2)25-30-19(23)3)17-21-9-7-12-26(16-21)13-11-20-8-6-10-22(14-20)29-4/h6,8,10,14,21H,5,7,9,11-13,15-17H2,1-4H3/t21-/m0/s1. The van der Waals surface area contributed by atoms with E-state index in [1.54, 1.807) is 7.11 Å². The molecule has 1 fully saturated rings. The first-order valence-corrected chi connectivity index (χ1v) is 11.0. The number of nitrogens with zero attached hydrogens (tertiary/aromatic N) is 3. The molecule has 0 saturated carbocycles. The van der Waals surface area contributed by atoms with Crippen LogP contribution in [0.4, 0.5) is 0 Å². The number of methoxy groups -OCH3 is 1. The van der Waals surface area contributed by atoms with E-state index in [0.717, 1.165) is 61.9 Å². The first-order valence-electron chi connectivity index (χ1n) is 11.0. The van der Waals surface area contributed by atoms with Crippen molar-refractivity contribution >= 4 is 5.91 Å². The Morgan fingerprint density at radius 3 is 2.90 bits per heavy atom. The third-order valence-corrected chi connectivity index (χ3v) is 6.18. The lowest BCUT2D eigenvalue weighted by Gasteiger charge is -2.35. The number of carbonyl (C=O) groups excluding carboxylic acids is 1. The van der Waals surface area contributed by atoms with E-state index >= 15 is 0 Å². The molecule has 6 heteroatoms. The van der Waals surface area contributed by atoms with E-state index in [2.05, 4.69) is 35.2 Å². The highest BCUT2D eigenvalue weighted by atomic mass is 16.5. The number of piperidine rings is 1. The highest BCUT2D eigenvalue weighted by Gasteiger charge is 2.25. The Balaban J connectivity index is 1.51. The van der Waals surface area contributed by atoms with Crippen molar-refractivity contribution in [3.05, 3.63) is 46.8 Å². The van der Waals surface area contributed by atoms with Crippen molar-refractivity contribution in [2.75, 3.05) is 39.8 Å². The van der Waals surface area contributed by atoms with Gasteiger partial charge in [-0.2, -0.15) is 0 Å². The second kappa shape index (κ2) is 10.6. The summed E-state index contributed by atoms with van der Waals surface area (Å²) in [5.74, 6) is 2.36. The molecule has 1 atom stereocenters. The fourth-order valence-electron chi connectivity index (χ4n) is 4.35. The first-order chi connectivity index (χ1) is 14.5. The van der Waals surface area contributed by atoms with Gasteiger partial charge in [-0.05, 0) is 70.2 Å². The number of aryl methyl sites for hydroxylation is 2. The molecular formula is C24H35N3O3. The van der Waals surface area contributed by atoms with Crippen molar-refractivity contribution in [3.63, 3.8) is 0 Å². The zero-order valence-electron chi connectivity index (χ0n) is 18.8. The molecule has 0 bridgehead atoms. The van der Waals surface area contributed by atoms with Crippen molar-refractivity contribution in [3.8, 4) is 5.75 Å². The van der Waals surface area contributed by atoms with Gasteiger partial charge >= 0.3 is 0 Å². The van der Waals surface area contributed by atoms with Gasteiger partial charge in [0, 0.05) is 31.7 Å². The van der Waals surface area contributed by atoms with Gasteiger partial charge in [0.25, 0.3) is 0 Å². The quantitative estimate of drug-likeness (QED) is 0.628. The molecule has 0 spiro atoms. The molecular weight excluding hydrogens is 378 g/mol. The smallest absolute Gasteiger partial charge is 0.227 e. The molecule has 0 unspecified atom stereocenters. The highest BCUT2D eigenvalue weighted by Crippen LogP contribution is 2.20. The number of hydrogen-bond donors (Lipinski definition) is 0. The summed E-state index contributed by atoms with van der Waals surface area (Å²) in [6, 6.07) is 8.32. The van der Waals surface area contributed by atoms with Gasteiger partial charge in [0.2, 0.25) is 5.91 Å². The van der Waals surface area contributed by atoms with Crippen molar-refractivity contribution in [2.45, 2.75) is 46.5 Å². The van der Waals surface area contributed by atoms with Gasteiger partial charge in [-0.15, -0.1) is 0 Å². The van der Waals surface area contributed by atoms with Crippen molar-refractivity contribution in [1.29, 1.82) is 0 Å². The molecule has 1 aromatic carbocycles. The lowest BCUT2D eigenvalue weighted by molar-refractivity contribution is -0.131. The highest BCUT2D eigenvalue weighted by molar-refractivity contribution is 5.79. The Labute approximate surface area is 180 Å². The van der Waals surface area contributed by atoms with Crippen LogP contribution < -0.4 is 4.74 Å². The summed E-state index contributed by atoms with van der Waals surface area (Å²) in [4.78, 5) is 17.4. The third kappa shape index (κ3) is 5.85. The summed E-state index contributed by atoms with van der Waals surface area (Å²) in [6.45, 7) is 10.6. The van der Waals surface area contributed by atoms with E-state index in [4.69, 9.17) is 9.26 Å². The van der Waals surface area contributed by atoms with Crippen LogP contribution in [0.1, 0.15) is 42.3 Å². The van der Waals surface area contributed by atoms with Crippen LogP contribution in [0.5, 0.6) is 5.75 Å². The van der Waals surface area contributed by atoms with Gasteiger partial charge in [0.05, 0.1) is 19.2 Å². The summed E-state index contributed by atoms with van der Waals surface area (Å²) < 4.78 is 10.5. The Bertz CT molecular complexity index is 813. The normalized spacial score (nSPS) is 17.1. The van der Waals surface area contributed by atoms with E-state index in [1.807, 2.05) is 24.8 Å². The van der Waals surface area contributed by atoms with Crippen LogP contribution in [0.25, 0.3) is 0 Å². The number of aromatic nitrogens is 1. The number of carbonyl (C=O) groups is 1. The van der Waals surface area contributed by atoms with Crippen molar-refractivity contribution in [1.82, 2.24) is 15.0 Å². The minimum atomic E-state index is 0.167. The summed E-state index contributed by atoms with van der Waals surface area (Å²) in [5, 5.41) is 3.98. The molecule has 0 radical (unpaired) electrons. The SMILES string of the molecule is CCN(C[C@H]1CCCN(CCc2cccc(OC)c2)C1)C(=O)Cc1c(C)noc1C. The van der Waals surface area contributed by atoms with Crippen molar-refractivity contribution in [2.24, 2.45) is 5.92 Å². The molecule has 164 valence electrons. The maximum absolute atomic E-state index is 12.9. The number of benzene rings is 1. The summed E-state index contributed by atoms with van der Waals surface area (Å²) in [5.41, 5.74) is 3.06. The summed E-state index contributed by atoms with van der Waals surface area (Å²) in [7, 11) is 1.71. The largest absolute Gasteiger partial charge is 0.497 e. The van der Waals surface area contributed by atoms with Crippen LogP contribution in [0.3, 0.4) is 0 Å². The van der Waals surface area contributed by atoms with Gasteiger partial charge in [0.1, 0.15) is 11.5 Å². The monoisotopic (exact) mass is 413 g/mol. The van der Waals surface area contributed by atoms with E-state index < -0.39 is 0 Å². The summed E-state index contributed by atoms with van der Waals surface area (Å²) in [6.07, 6.45) is 3.77. The number of amides is 1. The molecule has 1 amide bonds. The third-order valence-electron chi connectivity index (χ3n) is 6.18. The first kappa shape index (κ1) is 22.3. The average molecular weight is 414 g/mol. The molecule has 0 aliphatic carbocycles. The minimum absolute atomic E-state index is 0.167. The molecule has 2 aromatic rings.